The van der Waals surface area contributed by atoms with Crippen LogP contribution in [0.4, 0.5) is 0 Å². The fourth-order valence-electron chi connectivity index (χ4n) is 2.78. The van der Waals surface area contributed by atoms with Crippen LogP contribution in [0.25, 0.3) is 0 Å². The van der Waals surface area contributed by atoms with Crippen LogP contribution in [-0.2, 0) is 19.2 Å². The summed E-state index contributed by atoms with van der Waals surface area (Å²) in [5.41, 5.74) is 38.1. The van der Waals surface area contributed by atoms with Crippen molar-refractivity contribution < 1.29 is 19.2 Å². The van der Waals surface area contributed by atoms with E-state index >= 15 is 0 Å². The van der Waals surface area contributed by atoms with Crippen molar-refractivity contribution in [2.75, 3.05) is 31.9 Å². The first-order chi connectivity index (χ1) is 18.1. The average molecular weight is 593 g/mol. The van der Waals surface area contributed by atoms with Gasteiger partial charge in [-0.3, -0.25) is 29.2 Å². The zero-order valence-corrected chi connectivity index (χ0v) is 24.1. The lowest BCUT2D eigenvalue weighted by molar-refractivity contribution is -0.130. The Hall–Kier alpha value is -2.96. The number of rotatable bonds is 20. The van der Waals surface area contributed by atoms with Crippen LogP contribution in [0, 0.1) is 0 Å². The van der Waals surface area contributed by atoms with Crippen molar-refractivity contribution in [3.8, 4) is 0 Å². The van der Waals surface area contributed by atoms with Crippen LogP contribution >= 0.6 is 21.6 Å². The van der Waals surface area contributed by atoms with Gasteiger partial charge in [-0.1, -0.05) is 21.6 Å². The van der Waals surface area contributed by atoms with Gasteiger partial charge in [0.25, 0.3) is 0 Å². The van der Waals surface area contributed by atoms with Crippen LogP contribution < -0.4 is 56.1 Å². The Morgan fingerprint density at radius 3 is 1.79 bits per heavy atom. The van der Waals surface area contributed by atoms with Crippen LogP contribution in [-0.4, -0.2) is 90.4 Å². The summed E-state index contributed by atoms with van der Waals surface area (Å²) in [5.74, 6) is -2.06. The van der Waals surface area contributed by atoms with Gasteiger partial charge in [0.2, 0.25) is 23.6 Å². The number of hydrogen-bond donors (Lipinski definition) is 10. The van der Waals surface area contributed by atoms with Crippen molar-refractivity contribution in [2.24, 2.45) is 50.1 Å². The first kappa shape index (κ1) is 36.0. The van der Waals surface area contributed by atoms with E-state index in [0.29, 0.717) is 45.3 Å². The number of amides is 4. The average Bonchev–Trinajstić information content (AvgIpc) is 2.84. The summed E-state index contributed by atoms with van der Waals surface area (Å²) in [7, 11) is 2.71. The number of primary amides is 1. The van der Waals surface area contributed by atoms with Crippen molar-refractivity contribution in [3.63, 3.8) is 0 Å². The SMILES string of the molecule is CC(C)(CNC(=O)[C@H](N)CCCN=C(N)N)SSC[C@@H](NC(=O)[C@H](N)CCCN=C(N)N)C(=O)NCC(N)=O. The molecule has 0 saturated carbocycles. The van der Waals surface area contributed by atoms with E-state index in [1.807, 2.05) is 13.8 Å². The number of nitrogens with one attached hydrogen (secondary N) is 3. The predicted molar refractivity (Wildman–Crippen MR) is 157 cm³/mol. The van der Waals surface area contributed by atoms with Crippen molar-refractivity contribution in [2.45, 2.75) is 62.4 Å². The summed E-state index contributed by atoms with van der Waals surface area (Å²) in [4.78, 5) is 56.2. The lowest BCUT2D eigenvalue weighted by atomic mass is 10.1. The molecule has 0 radical (unpaired) electrons. The van der Waals surface area contributed by atoms with E-state index in [1.165, 1.54) is 21.6 Å². The van der Waals surface area contributed by atoms with E-state index in [-0.39, 0.29) is 30.1 Å². The second-order valence-corrected chi connectivity index (χ2v) is 12.2. The molecule has 0 aliphatic carbocycles. The molecule has 0 aliphatic heterocycles. The van der Waals surface area contributed by atoms with Gasteiger partial charge in [0.1, 0.15) is 6.04 Å². The van der Waals surface area contributed by atoms with Gasteiger partial charge in [0.15, 0.2) is 11.9 Å². The molecule has 0 rings (SSSR count). The maximum Gasteiger partial charge on any atom is 0.243 e. The van der Waals surface area contributed by atoms with Gasteiger partial charge in [-0.05, 0) is 39.5 Å². The molecule has 39 heavy (non-hydrogen) atoms. The van der Waals surface area contributed by atoms with Gasteiger partial charge in [-0.15, -0.1) is 0 Å². The minimum absolute atomic E-state index is 0.0150. The molecular formula is C21H44N12O4S2. The van der Waals surface area contributed by atoms with Gasteiger partial charge < -0.3 is 56.1 Å². The van der Waals surface area contributed by atoms with E-state index in [1.54, 1.807) is 0 Å². The van der Waals surface area contributed by atoms with Gasteiger partial charge in [0, 0.05) is 30.1 Å². The molecule has 0 spiro atoms. The van der Waals surface area contributed by atoms with Crippen LogP contribution in [0.3, 0.4) is 0 Å². The number of carbonyl (C=O) groups excluding carboxylic acids is 4. The van der Waals surface area contributed by atoms with Gasteiger partial charge in [-0.2, -0.15) is 0 Å². The Labute approximate surface area is 236 Å². The molecule has 18 heteroatoms. The molecule has 17 N–H and O–H groups in total. The van der Waals surface area contributed by atoms with E-state index in [2.05, 4.69) is 25.9 Å². The highest BCUT2D eigenvalue weighted by molar-refractivity contribution is 8.77. The summed E-state index contributed by atoms with van der Waals surface area (Å²) in [6.07, 6.45) is 1.74. The molecule has 0 bridgehead atoms. The molecule has 224 valence electrons. The monoisotopic (exact) mass is 592 g/mol. The van der Waals surface area contributed by atoms with Gasteiger partial charge in [-0.25, -0.2) is 0 Å². The summed E-state index contributed by atoms with van der Waals surface area (Å²) < 4.78 is -0.446. The standard InChI is InChI=1S/C21H44N12O4S2/c1-21(2,11-32-16(35)12(22)5-3-7-29-19(25)26)39-38-10-14(18(37)31-9-15(24)34)33-17(36)13(23)6-4-8-30-20(27)28/h12-14H,3-11,22-23H2,1-2H3,(H2,24,34)(H,31,37)(H,32,35)(H,33,36)(H4,25,26,29)(H4,27,28,30)/t12-,13-,14-/m1/s1. The molecule has 0 aromatic heterocycles. The maximum atomic E-state index is 12.6. The number of guanidine groups is 2. The number of aliphatic imine (C=N–C) groups is 2. The fraction of sp³-hybridized carbons (Fsp3) is 0.714. The van der Waals surface area contributed by atoms with E-state index in [4.69, 9.17) is 40.1 Å². The van der Waals surface area contributed by atoms with E-state index in [0.717, 1.165) is 0 Å². The van der Waals surface area contributed by atoms with Crippen molar-refractivity contribution >= 4 is 57.1 Å². The summed E-state index contributed by atoms with van der Waals surface area (Å²) in [6, 6.07) is -2.58. The number of nitrogens with zero attached hydrogens (tertiary/aromatic N) is 2. The molecular weight excluding hydrogens is 548 g/mol. The first-order valence-corrected chi connectivity index (χ1v) is 14.5. The quantitative estimate of drug-likeness (QED) is 0.0281. The zero-order valence-electron chi connectivity index (χ0n) is 22.5. The minimum atomic E-state index is -0.984. The van der Waals surface area contributed by atoms with Crippen LogP contribution in [0.1, 0.15) is 39.5 Å². The smallest absolute Gasteiger partial charge is 0.243 e. The highest BCUT2D eigenvalue weighted by atomic mass is 33.1. The molecule has 4 amide bonds. The summed E-state index contributed by atoms with van der Waals surface area (Å²) >= 11 is 0. The third-order valence-electron chi connectivity index (χ3n) is 4.89. The highest BCUT2D eigenvalue weighted by Crippen LogP contribution is 2.35. The molecule has 0 aromatic carbocycles. The molecule has 0 heterocycles. The molecule has 0 fully saturated rings. The predicted octanol–water partition coefficient (Wildman–Crippen LogP) is -3.89. The second-order valence-electron chi connectivity index (χ2n) is 9.20. The zero-order chi connectivity index (χ0) is 30.0. The van der Waals surface area contributed by atoms with Gasteiger partial charge >= 0.3 is 0 Å². The normalized spacial score (nSPS) is 13.3. The van der Waals surface area contributed by atoms with Gasteiger partial charge in [0.05, 0.1) is 18.6 Å². The minimum Gasteiger partial charge on any atom is -0.370 e. The Balaban J connectivity index is 4.84. The Morgan fingerprint density at radius 1 is 0.795 bits per heavy atom. The highest BCUT2D eigenvalue weighted by Gasteiger charge is 2.27. The summed E-state index contributed by atoms with van der Waals surface area (Å²) in [5, 5.41) is 7.82. The lowest BCUT2D eigenvalue weighted by Gasteiger charge is -2.26. The van der Waals surface area contributed by atoms with E-state index < -0.39 is 40.6 Å². The third kappa shape index (κ3) is 18.9. The van der Waals surface area contributed by atoms with Crippen LogP contribution in [0.5, 0.6) is 0 Å². The second kappa shape index (κ2) is 19.2. The maximum absolute atomic E-state index is 12.6. The van der Waals surface area contributed by atoms with Crippen LogP contribution in [0.15, 0.2) is 9.98 Å². The van der Waals surface area contributed by atoms with Crippen molar-refractivity contribution in [3.05, 3.63) is 0 Å². The first-order valence-electron chi connectivity index (χ1n) is 12.2. The molecule has 0 aromatic rings. The largest absolute Gasteiger partial charge is 0.370 e. The van der Waals surface area contributed by atoms with Crippen molar-refractivity contribution in [1.82, 2.24) is 16.0 Å². The summed E-state index contributed by atoms with van der Waals surface area (Å²) in [6.45, 7) is 4.43. The molecule has 3 atom stereocenters. The topological polar surface area (TPSA) is 311 Å². The lowest BCUT2D eigenvalue weighted by Crippen LogP contribution is -2.53. The molecule has 0 unspecified atom stereocenters. The fourth-order valence-corrected chi connectivity index (χ4v) is 5.42. The van der Waals surface area contributed by atoms with Crippen LogP contribution in [0.2, 0.25) is 0 Å². The van der Waals surface area contributed by atoms with E-state index in [9.17, 15) is 19.2 Å². The molecule has 0 aliphatic rings. The Kier molecular flexibility index (Phi) is 17.7. The van der Waals surface area contributed by atoms with Crippen molar-refractivity contribution in [1.29, 1.82) is 0 Å². The molecule has 0 saturated heterocycles. The molecule has 16 nitrogen and oxygen atoms in total. The Morgan fingerprint density at radius 2 is 1.31 bits per heavy atom. The Bertz CT molecular complexity index is 864. The number of nitrogens with two attached hydrogens (primary N) is 7. The number of carbonyl (C=O) groups is 4. The number of hydrogen-bond acceptors (Lipinski definition) is 10. The third-order valence-corrected chi connectivity index (χ3v) is 8.18.